The minimum Gasteiger partial charge on any atom is -0.497 e. The molecule has 0 radical (unpaired) electrons. The lowest BCUT2D eigenvalue weighted by Crippen LogP contribution is -2.25. The molecule has 0 atom stereocenters. The Balaban J connectivity index is 1.62. The molecule has 0 bridgehead atoms. The second kappa shape index (κ2) is 12.4. The van der Waals surface area contributed by atoms with Crippen LogP contribution in [0.1, 0.15) is 27.9 Å². The van der Waals surface area contributed by atoms with Gasteiger partial charge in [0, 0.05) is 12.1 Å². The molecule has 2 N–H and O–H groups in total. The number of methoxy groups -OCH3 is 1. The van der Waals surface area contributed by atoms with E-state index >= 15 is 0 Å². The summed E-state index contributed by atoms with van der Waals surface area (Å²) in [6.07, 6.45) is -4.40. The number of alkyl halides is 3. The topological polar surface area (TPSA) is 84.9 Å². The predicted octanol–water partition coefficient (Wildman–Crippen LogP) is 6.72. The maximum atomic E-state index is 12.6. The molecule has 4 rings (SSSR count). The van der Waals surface area contributed by atoms with Crippen LogP contribution in [0.3, 0.4) is 0 Å². The third kappa shape index (κ3) is 7.63. The number of hydrogen-bond acceptors (Lipinski definition) is 4. The number of hydrogen-bond donors (Lipinski definition) is 2. The van der Waals surface area contributed by atoms with Crippen molar-refractivity contribution in [3.63, 3.8) is 0 Å². The van der Waals surface area contributed by atoms with E-state index in [0.29, 0.717) is 12.0 Å². The molecule has 4 aromatic carbocycles. The number of benzene rings is 4. The molecule has 40 heavy (non-hydrogen) atoms. The third-order valence-corrected chi connectivity index (χ3v) is 6.16. The average Bonchev–Trinajstić information content (AvgIpc) is 2.93. The highest BCUT2D eigenvalue weighted by atomic mass is 19.4. The summed E-state index contributed by atoms with van der Waals surface area (Å²) in [6, 6.07) is 26.2. The van der Waals surface area contributed by atoms with Gasteiger partial charge in [-0.25, -0.2) is 0 Å². The van der Waals surface area contributed by atoms with Crippen LogP contribution in [-0.4, -0.2) is 37.0 Å². The highest BCUT2D eigenvalue weighted by Crippen LogP contribution is 2.33. The molecule has 6 nitrogen and oxygen atoms in total. The van der Waals surface area contributed by atoms with Crippen molar-refractivity contribution < 1.29 is 37.3 Å². The molecular formula is C31H26F3NO5. The molecular weight excluding hydrogens is 523 g/mol. The number of amides is 1. The summed E-state index contributed by atoms with van der Waals surface area (Å²) in [4.78, 5) is 23.0. The Bertz CT molecular complexity index is 1470. The van der Waals surface area contributed by atoms with Crippen LogP contribution in [0.25, 0.3) is 22.3 Å². The first-order chi connectivity index (χ1) is 19.1. The van der Waals surface area contributed by atoms with Gasteiger partial charge in [-0.05, 0) is 76.2 Å². The van der Waals surface area contributed by atoms with Gasteiger partial charge in [-0.3, -0.25) is 9.59 Å². The number of carbonyl (C=O) groups is 2. The fourth-order valence-electron chi connectivity index (χ4n) is 4.20. The molecule has 4 aromatic rings. The van der Waals surface area contributed by atoms with Crippen molar-refractivity contribution in [1.82, 2.24) is 5.32 Å². The maximum absolute atomic E-state index is 12.6. The Kier molecular flexibility index (Phi) is 8.73. The van der Waals surface area contributed by atoms with Crippen LogP contribution in [0.15, 0.2) is 91.0 Å². The fourth-order valence-corrected chi connectivity index (χ4v) is 4.20. The van der Waals surface area contributed by atoms with Crippen molar-refractivity contribution in [1.29, 1.82) is 0 Å². The average molecular weight is 550 g/mol. The van der Waals surface area contributed by atoms with E-state index in [1.54, 1.807) is 31.4 Å². The zero-order chi connectivity index (χ0) is 28.7. The highest BCUT2D eigenvalue weighted by molar-refractivity contribution is 5.94. The van der Waals surface area contributed by atoms with Gasteiger partial charge in [-0.1, -0.05) is 54.6 Å². The van der Waals surface area contributed by atoms with Crippen LogP contribution >= 0.6 is 0 Å². The van der Waals surface area contributed by atoms with Gasteiger partial charge < -0.3 is 19.9 Å². The van der Waals surface area contributed by atoms with Crippen molar-refractivity contribution in [2.24, 2.45) is 0 Å². The summed E-state index contributed by atoms with van der Waals surface area (Å²) in [6.45, 7) is 0.0389. The first-order valence-corrected chi connectivity index (χ1v) is 12.3. The largest absolute Gasteiger partial charge is 0.573 e. The van der Waals surface area contributed by atoms with Gasteiger partial charge in [0.25, 0.3) is 5.91 Å². The van der Waals surface area contributed by atoms with Crippen molar-refractivity contribution in [3.8, 4) is 33.8 Å². The number of carboxylic acid groups (broad SMARTS) is 1. The summed E-state index contributed by atoms with van der Waals surface area (Å²) in [5, 5.41) is 11.3. The molecule has 0 spiro atoms. The minimum atomic E-state index is -4.76. The Morgan fingerprint density at radius 1 is 0.800 bits per heavy atom. The van der Waals surface area contributed by atoms with Gasteiger partial charge in [-0.15, -0.1) is 13.2 Å². The van der Waals surface area contributed by atoms with Crippen LogP contribution < -0.4 is 14.8 Å². The Hall–Kier alpha value is -4.79. The number of rotatable bonds is 10. The first kappa shape index (κ1) is 28.2. The van der Waals surface area contributed by atoms with E-state index in [-0.39, 0.29) is 24.6 Å². The Morgan fingerprint density at radius 3 is 2.00 bits per heavy atom. The standard InChI is InChI=1S/C31H26F3NO5/c1-39-26-11-8-22(9-12-26)28-15-10-24(21-6-13-27(14-7-21)40-31(32,33)34)19-25(28)18-20-2-4-23(5-3-20)30(38)35-17-16-29(36)37/h2-15,19H,16-18H2,1H3,(H,35,38)(H,36,37). The number of ether oxygens (including phenoxy) is 2. The normalized spacial score (nSPS) is 11.1. The lowest BCUT2D eigenvalue weighted by Gasteiger charge is -2.14. The number of halogens is 3. The molecule has 0 fully saturated rings. The smallest absolute Gasteiger partial charge is 0.497 e. The molecule has 0 aliphatic heterocycles. The van der Waals surface area contributed by atoms with Crippen LogP contribution in [-0.2, 0) is 11.2 Å². The lowest BCUT2D eigenvalue weighted by molar-refractivity contribution is -0.274. The molecule has 0 saturated carbocycles. The SMILES string of the molecule is COc1ccc(-c2ccc(-c3ccc(OC(F)(F)F)cc3)cc2Cc2ccc(C(=O)NCCC(=O)O)cc2)cc1. The zero-order valence-corrected chi connectivity index (χ0v) is 21.5. The van der Waals surface area contributed by atoms with Gasteiger partial charge in [0.15, 0.2) is 0 Å². The van der Waals surface area contributed by atoms with Crippen molar-refractivity contribution in [2.75, 3.05) is 13.7 Å². The second-order valence-electron chi connectivity index (χ2n) is 8.95. The van der Waals surface area contributed by atoms with E-state index in [2.05, 4.69) is 10.1 Å². The van der Waals surface area contributed by atoms with Gasteiger partial charge >= 0.3 is 12.3 Å². The lowest BCUT2D eigenvalue weighted by atomic mass is 9.91. The molecule has 0 unspecified atom stereocenters. The summed E-state index contributed by atoms with van der Waals surface area (Å²) in [5.74, 6) is -0.915. The van der Waals surface area contributed by atoms with Crippen molar-refractivity contribution >= 4 is 11.9 Å². The molecule has 1 amide bonds. The molecule has 206 valence electrons. The van der Waals surface area contributed by atoms with Gasteiger partial charge in [0.05, 0.1) is 13.5 Å². The van der Waals surface area contributed by atoms with Crippen LogP contribution in [0.2, 0.25) is 0 Å². The van der Waals surface area contributed by atoms with E-state index in [0.717, 1.165) is 39.1 Å². The van der Waals surface area contributed by atoms with Crippen LogP contribution in [0.4, 0.5) is 13.2 Å². The number of carbonyl (C=O) groups excluding carboxylic acids is 1. The number of aliphatic carboxylic acids is 1. The van der Waals surface area contributed by atoms with Gasteiger partial charge in [-0.2, -0.15) is 0 Å². The quantitative estimate of drug-likeness (QED) is 0.229. The Labute approximate surface area is 229 Å². The van der Waals surface area contributed by atoms with E-state index in [1.807, 2.05) is 54.6 Å². The van der Waals surface area contributed by atoms with Crippen molar-refractivity contribution in [3.05, 3.63) is 108 Å². The molecule has 9 heteroatoms. The molecule has 0 aromatic heterocycles. The molecule has 0 saturated heterocycles. The minimum absolute atomic E-state index is 0.0389. The van der Waals surface area contributed by atoms with E-state index in [1.165, 1.54) is 12.1 Å². The molecule has 0 aliphatic carbocycles. The van der Waals surface area contributed by atoms with Crippen LogP contribution in [0.5, 0.6) is 11.5 Å². The predicted molar refractivity (Wildman–Crippen MR) is 144 cm³/mol. The summed E-state index contributed by atoms with van der Waals surface area (Å²) in [7, 11) is 1.59. The Morgan fingerprint density at radius 2 is 1.40 bits per heavy atom. The van der Waals surface area contributed by atoms with Gasteiger partial charge in [0.2, 0.25) is 0 Å². The van der Waals surface area contributed by atoms with Crippen molar-refractivity contribution in [2.45, 2.75) is 19.2 Å². The fraction of sp³-hybridized carbons (Fsp3) is 0.161. The first-order valence-electron chi connectivity index (χ1n) is 12.3. The summed E-state index contributed by atoms with van der Waals surface area (Å²) < 4.78 is 46.9. The summed E-state index contributed by atoms with van der Waals surface area (Å²) in [5.41, 5.74) is 5.80. The second-order valence-corrected chi connectivity index (χ2v) is 8.95. The van der Waals surface area contributed by atoms with E-state index in [9.17, 15) is 22.8 Å². The molecule has 0 heterocycles. The van der Waals surface area contributed by atoms with E-state index in [4.69, 9.17) is 9.84 Å². The third-order valence-electron chi connectivity index (χ3n) is 6.16. The summed E-state index contributed by atoms with van der Waals surface area (Å²) >= 11 is 0. The molecule has 0 aliphatic rings. The zero-order valence-electron chi connectivity index (χ0n) is 21.5. The van der Waals surface area contributed by atoms with E-state index < -0.39 is 12.3 Å². The van der Waals surface area contributed by atoms with Crippen LogP contribution in [0, 0.1) is 0 Å². The highest BCUT2D eigenvalue weighted by Gasteiger charge is 2.31. The number of carboxylic acids is 1. The monoisotopic (exact) mass is 549 g/mol. The maximum Gasteiger partial charge on any atom is 0.573 e. The van der Waals surface area contributed by atoms with Gasteiger partial charge in [0.1, 0.15) is 11.5 Å². The number of nitrogens with one attached hydrogen (secondary N) is 1.